The van der Waals surface area contributed by atoms with E-state index in [1.165, 1.54) is 12.1 Å². The van der Waals surface area contributed by atoms with Crippen LogP contribution in [0.25, 0.3) is 0 Å². The lowest BCUT2D eigenvalue weighted by Crippen LogP contribution is -2.03. The maximum Gasteiger partial charge on any atom is 0.371 e. The first-order valence-corrected chi connectivity index (χ1v) is 6.28. The van der Waals surface area contributed by atoms with Crippen molar-refractivity contribution in [1.82, 2.24) is 0 Å². The third-order valence-corrected chi connectivity index (χ3v) is 3.25. The van der Waals surface area contributed by atoms with E-state index in [0.29, 0.717) is 18.1 Å². The zero-order valence-electron chi connectivity index (χ0n) is 8.97. The fraction of sp³-hybridized carbons (Fsp3) is 0.500. The highest BCUT2D eigenvalue weighted by molar-refractivity contribution is 7.84. The molecule has 1 aromatic heterocycles. The average Bonchev–Trinajstić information content (AvgIpc) is 2.66. The van der Waals surface area contributed by atoms with Crippen molar-refractivity contribution in [3.8, 4) is 0 Å². The van der Waals surface area contributed by atoms with E-state index in [4.69, 9.17) is 14.3 Å². The Morgan fingerprint density at radius 2 is 2.31 bits per heavy atom. The number of carboxylic acid groups (broad SMARTS) is 1. The second-order valence-electron chi connectivity index (χ2n) is 3.21. The zero-order valence-corrected chi connectivity index (χ0v) is 9.79. The minimum Gasteiger partial charge on any atom is -0.475 e. The van der Waals surface area contributed by atoms with E-state index in [9.17, 15) is 9.00 Å². The topological polar surface area (TPSA) is 76.7 Å². The molecule has 0 aliphatic heterocycles. The van der Waals surface area contributed by atoms with Crippen LogP contribution in [-0.2, 0) is 21.3 Å². The van der Waals surface area contributed by atoms with Crippen LogP contribution >= 0.6 is 0 Å². The van der Waals surface area contributed by atoms with Gasteiger partial charge in [-0.2, -0.15) is 0 Å². The van der Waals surface area contributed by atoms with E-state index in [1.54, 1.807) is 7.11 Å². The Morgan fingerprint density at radius 1 is 1.56 bits per heavy atom. The van der Waals surface area contributed by atoms with Crippen molar-refractivity contribution in [2.75, 3.05) is 19.5 Å². The second kappa shape index (κ2) is 6.44. The number of furan rings is 1. The summed E-state index contributed by atoms with van der Waals surface area (Å²) in [6.45, 7) is 0.574. The van der Waals surface area contributed by atoms with Gasteiger partial charge in [-0.15, -0.1) is 0 Å². The monoisotopic (exact) mass is 246 g/mol. The minimum atomic E-state index is -1.11. The summed E-state index contributed by atoms with van der Waals surface area (Å²) in [5.74, 6) is -0.0260. The van der Waals surface area contributed by atoms with E-state index < -0.39 is 16.8 Å². The van der Waals surface area contributed by atoms with Crippen molar-refractivity contribution in [3.05, 3.63) is 23.7 Å². The molecule has 0 bridgehead atoms. The van der Waals surface area contributed by atoms with Crippen LogP contribution in [0.4, 0.5) is 0 Å². The Bertz CT molecular complexity index is 371. The molecular formula is C10H14O5S. The van der Waals surface area contributed by atoms with Gasteiger partial charge in [-0.1, -0.05) is 0 Å². The molecule has 16 heavy (non-hydrogen) atoms. The molecule has 0 fully saturated rings. The number of hydrogen-bond donors (Lipinski definition) is 1. The van der Waals surface area contributed by atoms with Gasteiger partial charge in [-0.3, -0.25) is 4.21 Å². The van der Waals surface area contributed by atoms with E-state index in [2.05, 4.69) is 0 Å². The molecule has 0 aliphatic carbocycles. The third-order valence-electron chi connectivity index (χ3n) is 1.90. The molecule has 0 aliphatic rings. The van der Waals surface area contributed by atoms with E-state index in [0.717, 1.165) is 6.42 Å². The van der Waals surface area contributed by atoms with Crippen molar-refractivity contribution in [2.45, 2.75) is 12.2 Å². The predicted octanol–water partition coefficient (Wildman–Crippen LogP) is 1.26. The highest BCUT2D eigenvalue weighted by Gasteiger charge is 2.10. The summed E-state index contributed by atoms with van der Waals surface area (Å²) in [5.41, 5.74) is 0. The summed E-state index contributed by atoms with van der Waals surface area (Å²) >= 11 is 0. The molecule has 0 saturated carbocycles. The molecule has 0 amide bonds. The molecule has 90 valence electrons. The van der Waals surface area contributed by atoms with Gasteiger partial charge < -0.3 is 14.3 Å². The fourth-order valence-corrected chi connectivity index (χ4v) is 2.22. The number of hydrogen-bond acceptors (Lipinski definition) is 4. The Morgan fingerprint density at radius 3 is 2.88 bits per heavy atom. The van der Waals surface area contributed by atoms with Crippen molar-refractivity contribution in [3.63, 3.8) is 0 Å². The molecule has 1 atom stereocenters. The van der Waals surface area contributed by atoms with Gasteiger partial charge in [0.2, 0.25) is 5.76 Å². The highest BCUT2D eigenvalue weighted by atomic mass is 32.2. The first-order chi connectivity index (χ1) is 7.63. The number of aromatic carboxylic acids is 1. The molecule has 1 N–H and O–H groups in total. The molecule has 1 aromatic rings. The summed E-state index contributed by atoms with van der Waals surface area (Å²) in [5, 5.41) is 8.62. The van der Waals surface area contributed by atoms with Crippen LogP contribution in [0.15, 0.2) is 16.5 Å². The van der Waals surface area contributed by atoms with Crippen LogP contribution in [0.3, 0.4) is 0 Å². The predicted molar refractivity (Wildman–Crippen MR) is 58.9 cm³/mol. The Balaban J connectivity index is 2.40. The molecule has 0 radical (unpaired) electrons. The summed E-state index contributed by atoms with van der Waals surface area (Å²) in [7, 11) is 0.553. The van der Waals surface area contributed by atoms with Crippen LogP contribution in [0, 0.1) is 0 Å². The Hall–Kier alpha value is -1.14. The average molecular weight is 246 g/mol. The highest BCUT2D eigenvalue weighted by Crippen LogP contribution is 2.10. The van der Waals surface area contributed by atoms with Crippen LogP contribution in [0.2, 0.25) is 0 Å². The molecule has 0 spiro atoms. The van der Waals surface area contributed by atoms with Crippen LogP contribution in [0.1, 0.15) is 22.7 Å². The minimum absolute atomic E-state index is 0.121. The summed E-state index contributed by atoms with van der Waals surface area (Å²) < 4.78 is 21.4. The second-order valence-corrected chi connectivity index (χ2v) is 4.78. The maximum absolute atomic E-state index is 11.5. The van der Waals surface area contributed by atoms with Crippen LogP contribution < -0.4 is 0 Å². The normalized spacial score (nSPS) is 12.6. The van der Waals surface area contributed by atoms with Crippen molar-refractivity contribution in [1.29, 1.82) is 0 Å². The van der Waals surface area contributed by atoms with Gasteiger partial charge in [0.15, 0.2) is 0 Å². The maximum atomic E-state index is 11.5. The molecule has 0 aromatic carbocycles. The first kappa shape index (κ1) is 12.9. The van der Waals surface area contributed by atoms with Crippen molar-refractivity contribution >= 4 is 16.8 Å². The summed E-state index contributed by atoms with van der Waals surface area (Å²) in [6, 6.07) is 2.90. The Kier molecular flexibility index (Phi) is 5.21. The SMILES string of the molecule is COCCCS(=O)Cc1ccc(C(=O)O)o1. The molecule has 1 unspecified atom stereocenters. The van der Waals surface area contributed by atoms with Gasteiger partial charge in [0.1, 0.15) is 5.76 Å². The molecule has 5 nitrogen and oxygen atoms in total. The van der Waals surface area contributed by atoms with Gasteiger partial charge in [0.25, 0.3) is 0 Å². The number of methoxy groups -OCH3 is 1. The number of rotatable bonds is 7. The third kappa shape index (κ3) is 4.16. The molecule has 1 rings (SSSR count). The molecular weight excluding hydrogens is 232 g/mol. The van der Waals surface area contributed by atoms with Crippen LogP contribution in [0.5, 0.6) is 0 Å². The van der Waals surface area contributed by atoms with Gasteiger partial charge in [0, 0.05) is 30.3 Å². The molecule has 1 heterocycles. The number of carboxylic acids is 1. The number of carbonyl (C=O) groups is 1. The Labute approximate surface area is 95.9 Å². The van der Waals surface area contributed by atoms with Gasteiger partial charge >= 0.3 is 5.97 Å². The lowest BCUT2D eigenvalue weighted by Gasteiger charge is -1.99. The van der Waals surface area contributed by atoms with Gasteiger partial charge in [-0.25, -0.2) is 4.79 Å². The van der Waals surface area contributed by atoms with E-state index in [1.807, 2.05) is 0 Å². The van der Waals surface area contributed by atoms with Crippen molar-refractivity contribution in [2.24, 2.45) is 0 Å². The van der Waals surface area contributed by atoms with Gasteiger partial charge in [0.05, 0.1) is 5.75 Å². The lowest BCUT2D eigenvalue weighted by molar-refractivity contribution is 0.0661. The summed E-state index contributed by atoms with van der Waals surface area (Å²) in [4.78, 5) is 10.5. The van der Waals surface area contributed by atoms with E-state index in [-0.39, 0.29) is 11.5 Å². The molecule has 0 saturated heterocycles. The van der Waals surface area contributed by atoms with Crippen molar-refractivity contribution < 1.29 is 23.3 Å². The first-order valence-electron chi connectivity index (χ1n) is 4.79. The zero-order chi connectivity index (χ0) is 12.0. The van der Waals surface area contributed by atoms with Gasteiger partial charge in [-0.05, 0) is 18.6 Å². The number of ether oxygens (including phenoxy) is 1. The lowest BCUT2D eigenvalue weighted by atomic mass is 10.4. The quantitative estimate of drug-likeness (QED) is 0.733. The van der Waals surface area contributed by atoms with E-state index >= 15 is 0 Å². The smallest absolute Gasteiger partial charge is 0.371 e. The summed E-state index contributed by atoms with van der Waals surface area (Å²) in [6.07, 6.45) is 0.718. The standard InChI is InChI=1S/C10H14O5S/c1-14-5-2-6-16(13)7-8-3-4-9(15-8)10(11)12/h3-4H,2,5-7H2,1H3,(H,11,12). The largest absolute Gasteiger partial charge is 0.475 e. The van der Waals surface area contributed by atoms with Crippen LogP contribution in [-0.4, -0.2) is 34.8 Å². The molecule has 6 heteroatoms. The fourth-order valence-electron chi connectivity index (χ4n) is 1.17.